The number of hydrogen-bond acceptors (Lipinski definition) is 1. The first kappa shape index (κ1) is 9.11. The molecule has 0 N–H and O–H groups in total. The van der Waals surface area contributed by atoms with E-state index in [1.165, 1.54) is 5.56 Å². The van der Waals surface area contributed by atoms with Gasteiger partial charge in [-0.25, -0.2) is 0 Å². The molecule has 0 bridgehead atoms. The first-order chi connectivity index (χ1) is 5.58. The van der Waals surface area contributed by atoms with E-state index in [-0.39, 0.29) is 6.10 Å². The number of aryl methyl sites for hydroxylation is 2. The third kappa shape index (κ3) is 2.57. The lowest BCUT2D eigenvalue weighted by atomic mass is 10.1. The van der Waals surface area contributed by atoms with E-state index in [0.717, 1.165) is 11.3 Å². The van der Waals surface area contributed by atoms with Crippen LogP contribution in [-0.2, 0) is 0 Å². The minimum absolute atomic E-state index is 0.224. The van der Waals surface area contributed by atoms with Crippen molar-refractivity contribution in [1.29, 1.82) is 0 Å². The lowest BCUT2D eigenvalue weighted by molar-refractivity contribution is 0.241. The maximum Gasteiger partial charge on any atom is 0.128 e. The minimum Gasteiger partial charge on any atom is -0.490 e. The molecule has 0 aliphatic heterocycles. The summed E-state index contributed by atoms with van der Waals surface area (Å²) >= 11 is 0. The number of benzene rings is 1. The van der Waals surface area contributed by atoms with Crippen LogP contribution in [0.2, 0.25) is 0 Å². The highest BCUT2D eigenvalue weighted by Crippen LogP contribution is 2.16. The van der Waals surface area contributed by atoms with E-state index >= 15 is 0 Å². The molecule has 1 rings (SSSR count). The molecule has 1 radical (unpaired) electrons. The molecule has 0 saturated carbocycles. The highest BCUT2D eigenvalue weighted by atomic mass is 16.5. The summed E-state index contributed by atoms with van der Waals surface area (Å²) in [5, 5.41) is 0. The van der Waals surface area contributed by atoms with Crippen LogP contribution < -0.4 is 4.74 Å². The average molecular weight is 163 g/mol. The quantitative estimate of drug-likeness (QED) is 0.651. The van der Waals surface area contributed by atoms with Crippen LogP contribution in [0.1, 0.15) is 25.0 Å². The molecule has 0 spiro atoms. The van der Waals surface area contributed by atoms with E-state index in [1.54, 1.807) is 0 Å². The second-order valence-corrected chi connectivity index (χ2v) is 3.37. The molecule has 0 aliphatic carbocycles. The number of rotatable bonds is 2. The molecule has 1 heteroatoms. The summed E-state index contributed by atoms with van der Waals surface area (Å²) in [6, 6.07) is 7.25. The Morgan fingerprint density at radius 2 is 1.92 bits per heavy atom. The maximum atomic E-state index is 5.52. The molecule has 1 aromatic carbocycles. The predicted octanol–water partition coefficient (Wildman–Crippen LogP) is 2.89. The van der Waals surface area contributed by atoms with E-state index < -0.39 is 0 Å². The van der Waals surface area contributed by atoms with E-state index in [9.17, 15) is 0 Å². The van der Waals surface area contributed by atoms with E-state index in [1.807, 2.05) is 26.8 Å². The largest absolute Gasteiger partial charge is 0.490 e. The smallest absolute Gasteiger partial charge is 0.128 e. The van der Waals surface area contributed by atoms with Crippen LogP contribution >= 0.6 is 0 Å². The summed E-state index contributed by atoms with van der Waals surface area (Å²) in [5.41, 5.74) is 2.35. The first-order valence-corrected chi connectivity index (χ1v) is 4.25. The van der Waals surface area contributed by atoms with Gasteiger partial charge >= 0.3 is 0 Å². The van der Waals surface area contributed by atoms with Gasteiger partial charge < -0.3 is 4.74 Å². The fourth-order valence-electron chi connectivity index (χ4n) is 1.17. The third-order valence-corrected chi connectivity index (χ3v) is 1.49. The van der Waals surface area contributed by atoms with E-state index in [0.29, 0.717) is 0 Å². The molecule has 0 fully saturated rings. The van der Waals surface area contributed by atoms with E-state index in [4.69, 9.17) is 4.74 Å². The summed E-state index contributed by atoms with van der Waals surface area (Å²) in [4.78, 5) is 0. The Hall–Kier alpha value is -0.980. The minimum atomic E-state index is 0.224. The van der Waals surface area contributed by atoms with Gasteiger partial charge in [0.2, 0.25) is 0 Å². The van der Waals surface area contributed by atoms with Crippen LogP contribution in [0.15, 0.2) is 12.1 Å². The van der Waals surface area contributed by atoms with Gasteiger partial charge in [-0.3, -0.25) is 0 Å². The molecular weight excluding hydrogens is 148 g/mol. The summed E-state index contributed by atoms with van der Waals surface area (Å²) in [6.45, 7) is 8.13. The van der Waals surface area contributed by atoms with Crippen molar-refractivity contribution in [1.82, 2.24) is 0 Å². The van der Waals surface area contributed by atoms with E-state index in [2.05, 4.69) is 19.1 Å². The Kier molecular flexibility index (Phi) is 2.74. The van der Waals surface area contributed by atoms with Crippen molar-refractivity contribution >= 4 is 0 Å². The standard InChI is InChI=1S/C11H15O/c1-8(2)12-11-6-9(3)5-10(4)7-11/h5-6,8H,1-4H3. The average Bonchev–Trinajstić information content (AvgIpc) is 1.81. The molecule has 0 heterocycles. The van der Waals surface area contributed by atoms with Crippen molar-refractivity contribution in [3.8, 4) is 5.75 Å². The van der Waals surface area contributed by atoms with Crippen molar-refractivity contribution in [3.63, 3.8) is 0 Å². The van der Waals surface area contributed by atoms with Crippen molar-refractivity contribution in [2.75, 3.05) is 0 Å². The van der Waals surface area contributed by atoms with Crippen molar-refractivity contribution < 1.29 is 4.74 Å². The lowest BCUT2D eigenvalue weighted by Gasteiger charge is -2.10. The van der Waals surface area contributed by atoms with Gasteiger partial charge in [0, 0.05) is 6.07 Å². The second-order valence-electron chi connectivity index (χ2n) is 3.37. The molecule has 0 atom stereocenters. The lowest BCUT2D eigenvalue weighted by Crippen LogP contribution is -2.05. The maximum absolute atomic E-state index is 5.52. The number of ether oxygens (including phenoxy) is 1. The molecular formula is C11H15O. The third-order valence-electron chi connectivity index (χ3n) is 1.49. The molecule has 0 aliphatic rings. The normalized spacial score (nSPS) is 10.4. The molecule has 0 unspecified atom stereocenters. The first-order valence-electron chi connectivity index (χ1n) is 4.25. The van der Waals surface area contributed by atoms with Gasteiger partial charge in [0.1, 0.15) is 5.75 Å². The van der Waals surface area contributed by atoms with Gasteiger partial charge in [-0.15, -0.1) is 0 Å². The van der Waals surface area contributed by atoms with Crippen LogP contribution in [0, 0.1) is 19.9 Å². The Balaban J connectivity index is 2.85. The fourth-order valence-corrected chi connectivity index (χ4v) is 1.17. The topological polar surface area (TPSA) is 9.23 Å². The molecule has 1 aromatic rings. The highest BCUT2D eigenvalue weighted by molar-refractivity contribution is 5.31. The van der Waals surface area contributed by atoms with Crippen LogP contribution in [0.5, 0.6) is 5.75 Å². The van der Waals surface area contributed by atoms with Crippen molar-refractivity contribution in [2.24, 2.45) is 0 Å². The zero-order valence-corrected chi connectivity index (χ0v) is 8.14. The second kappa shape index (κ2) is 3.61. The molecule has 0 amide bonds. The molecule has 12 heavy (non-hydrogen) atoms. The van der Waals surface area contributed by atoms with Crippen molar-refractivity contribution in [3.05, 3.63) is 29.3 Å². The summed E-state index contributed by atoms with van der Waals surface area (Å²) < 4.78 is 5.52. The van der Waals surface area contributed by atoms with Gasteiger partial charge in [-0.2, -0.15) is 0 Å². The predicted molar refractivity (Wildman–Crippen MR) is 50.5 cm³/mol. The van der Waals surface area contributed by atoms with Crippen LogP contribution in [0.4, 0.5) is 0 Å². The summed E-state index contributed by atoms with van der Waals surface area (Å²) in [6.07, 6.45) is 0.224. The fraction of sp³-hybridized carbons (Fsp3) is 0.455. The Morgan fingerprint density at radius 1 is 1.25 bits per heavy atom. The molecule has 1 nitrogen and oxygen atoms in total. The highest BCUT2D eigenvalue weighted by Gasteiger charge is 1.99. The Morgan fingerprint density at radius 3 is 2.42 bits per heavy atom. The van der Waals surface area contributed by atoms with Gasteiger partial charge in [-0.1, -0.05) is 6.07 Å². The Labute approximate surface area is 74.4 Å². The monoisotopic (exact) mass is 163 g/mol. The van der Waals surface area contributed by atoms with Gasteiger partial charge in [0.25, 0.3) is 0 Å². The zero-order valence-electron chi connectivity index (χ0n) is 8.14. The number of hydrogen-bond donors (Lipinski definition) is 0. The SMILES string of the molecule is Cc1[c]c(OC(C)C)cc(C)c1. The molecule has 0 aromatic heterocycles. The van der Waals surface area contributed by atoms with Crippen LogP contribution in [-0.4, -0.2) is 6.10 Å². The van der Waals surface area contributed by atoms with Crippen molar-refractivity contribution in [2.45, 2.75) is 33.8 Å². The van der Waals surface area contributed by atoms with Crippen LogP contribution in [0.25, 0.3) is 0 Å². The van der Waals surface area contributed by atoms with Gasteiger partial charge in [0.05, 0.1) is 6.10 Å². The summed E-state index contributed by atoms with van der Waals surface area (Å²) in [5.74, 6) is 0.850. The van der Waals surface area contributed by atoms with Gasteiger partial charge in [0.15, 0.2) is 0 Å². The molecule has 65 valence electrons. The molecule has 0 saturated heterocycles. The summed E-state index contributed by atoms with van der Waals surface area (Å²) in [7, 11) is 0. The van der Waals surface area contributed by atoms with Gasteiger partial charge in [-0.05, 0) is 44.9 Å². The Bertz CT molecular complexity index is 243. The van der Waals surface area contributed by atoms with Crippen LogP contribution in [0.3, 0.4) is 0 Å². The zero-order chi connectivity index (χ0) is 9.14.